The standard InChI is InChI=1S/C23H15ClF4N2O3/c24-13-4-1-11(2-5-13)15-9-16(15)21(31)30-14-7-17(22(32)33)20(18(25)8-14)12-3-6-19(29-10-12)23(26,27)28/h1-8,10,15-16H,9H2,(H,30,31)(H,32,33). The highest BCUT2D eigenvalue weighted by molar-refractivity contribution is 6.30. The van der Waals surface area contributed by atoms with Crippen molar-refractivity contribution in [2.75, 3.05) is 5.32 Å². The fourth-order valence-electron chi connectivity index (χ4n) is 3.65. The summed E-state index contributed by atoms with van der Waals surface area (Å²) in [6.07, 6.45) is -3.35. The molecule has 3 aromatic rings. The maximum atomic E-state index is 14.9. The quantitative estimate of drug-likeness (QED) is 0.441. The van der Waals surface area contributed by atoms with E-state index in [1.54, 1.807) is 12.1 Å². The average Bonchev–Trinajstić information content (AvgIpc) is 3.54. The zero-order valence-corrected chi connectivity index (χ0v) is 17.4. The van der Waals surface area contributed by atoms with Gasteiger partial charge in [0.25, 0.3) is 0 Å². The molecular formula is C23H15ClF4N2O3. The van der Waals surface area contributed by atoms with E-state index >= 15 is 0 Å². The van der Waals surface area contributed by atoms with E-state index in [2.05, 4.69) is 10.3 Å². The molecule has 1 fully saturated rings. The number of aromatic nitrogens is 1. The van der Waals surface area contributed by atoms with E-state index in [4.69, 9.17) is 11.6 Å². The first-order valence-electron chi connectivity index (χ1n) is 9.71. The van der Waals surface area contributed by atoms with Crippen LogP contribution in [0.2, 0.25) is 5.02 Å². The Morgan fingerprint density at radius 3 is 2.36 bits per heavy atom. The fraction of sp³-hybridized carbons (Fsp3) is 0.174. The van der Waals surface area contributed by atoms with Gasteiger partial charge in [-0.05, 0) is 48.2 Å². The van der Waals surface area contributed by atoms with Crippen molar-refractivity contribution in [1.29, 1.82) is 0 Å². The number of rotatable bonds is 5. The Hall–Kier alpha value is -3.46. The number of anilines is 1. The summed E-state index contributed by atoms with van der Waals surface area (Å²) in [7, 11) is 0. The van der Waals surface area contributed by atoms with E-state index in [0.717, 1.165) is 30.0 Å². The molecule has 1 aliphatic carbocycles. The van der Waals surface area contributed by atoms with Gasteiger partial charge in [-0.2, -0.15) is 13.2 Å². The third-order valence-corrected chi connectivity index (χ3v) is 5.61. The molecular weight excluding hydrogens is 464 g/mol. The number of pyridine rings is 1. The molecule has 0 aliphatic heterocycles. The Kier molecular flexibility index (Phi) is 5.84. The van der Waals surface area contributed by atoms with Gasteiger partial charge < -0.3 is 10.4 Å². The van der Waals surface area contributed by atoms with Gasteiger partial charge in [-0.25, -0.2) is 9.18 Å². The van der Waals surface area contributed by atoms with Crippen molar-refractivity contribution >= 4 is 29.2 Å². The summed E-state index contributed by atoms with van der Waals surface area (Å²) in [6, 6.07) is 10.6. The molecule has 170 valence electrons. The first-order chi connectivity index (χ1) is 15.5. The lowest BCUT2D eigenvalue weighted by Gasteiger charge is -2.13. The number of hydrogen-bond donors (Lipinski definition) is 2. The molecule has 1 aliphatic rings. The molecule has 5 nitrogen and oxygen atoms in total. The molecule has 1 saturated carbocycles. The summed E-state index contributed by atoms with van der Waals surface area (Å²) in [5.74, 6) is -3.30. The van der Waals surface area contributed by atoms with Crippen LogP contribution in [-0.4, -0.2) is 22.0 Å². The van der Waals surface area contributed by atoms with E-state index in [1.165, 1.54) is 0 Å². The third-order valence-electron chi connectivity index (χ3n) is 5.36. The van der Waals surface area contributed by atoms with Gasteiger partial charge in [-0.1, -0.05) is 29.8 Å². The molecule has 4 rings (SSSR count). The van der Waals surface area contributed by atoms with Gasteiger partial charge in [0.1, 0.15) is 11.5 Å². The Morgan fingerprint density at radius 1 is 1.09 bits per heavy atom. The maximum absolute atomic E-state index is 14.9. The van der Waals surface area contributed by atoms with Crippen molar-refractivity contribution in [3.05, 3.63) is 82.4 Å². The topological polar surface area (TPSA) is 79.3 Å². The fourth-order valence-corrected chi connectivity index (χ4v) is 3.77. The van der Waals surface area contributed by atoms with Gasteiger partial charge >= 0.3 is 12.1 Å². The van der Waals surface area contributed by atoms with Crippen molar-refractivity contribution in [2.24, 2.45) is 5.92 Å². The largest absolute Gasteiger partial charge is 0.478 e. The van der Waals surface area contributed by atoms with Crippen LogP contribution >= 0.6 is 11.6 Å². The summed E-state index contributed by atoms with van der Waals surface area (Å²) in [6.45, 7) is 0. The number of carboxylic acid groups (broad SMARTS) is 1. The summed E-state index contributed by atoms with van der Waals surface area (Å²) < 4.78 is 53.1. The molecule has 10 heteroatoms. The first-order valence-corrected chi connectivity index (χ1v) is 10.1. The maximum Gasteiger partial charge on any atom is 0.433 e. The molecule has 1 heterocycles. The van der Waals surface area contributed by atoms with Gasteiger partial charge in [0.2, 0.25) is 5.91 Å². The van der Waals surface area contributed by atoms with E-state index < -0.39 is 40.7 Å². The van der Waals surface area contributed by atoms with Crippen LogP contribution in [0.15, 0.2) is 54.7 Å². The Morgan fingerprint density at radius 2 is 1.79 bits per heavy atom. The van der Waals surface area contributed by atoms with E-state index in [0.29, 0.717) is 17.5 Å². The number of nitrogens with zero attached hydrogens (tertiary/aromatic N) is 1. The minimum atomic E-state index is -4.69. The number of halogens is 5. The second kappa shape index (κ2) is 8.47. The molecule has 2 aromatic carbocycles. The van der Waals surface area contributed by atoms with Crippen LogP contribution in [0.5, 0.6) is 0 Å². The van der Waals surface area contributed by atoms with Gasteiger partial charge in [0, 0.05) is 34.0 Å². The van der Waals surface area contributed by atoms with Crippen molar-refractivity contribution in [3.8, 4) is 11.1 Å². The van der Waals surface area contributed by atoms with Crippen molar-refractivity contribution < 1.29 is 32.3 Å². The Bertz CT molecular complexity index is 1230. The van der Waals surface area contributed by atoms with Crippen LogP contribution in [-0.2, 0) is 11.0 Å². The van der Waals surface area contributed by atoms with Gasteiger partial charge in [0.15, 0.2) is 0 Å². The monoisotopic (exact) mass is 478 g/mol. The molecule has 0 spiro atoms. The summed E-state index contributed by atoms with van der Waals surface area (Å²) in [5.41, 5.74) is -1.40. The number of amides is 1. The van der Waals surface area contributed by atoms with Crippen LogP contribution < -0.4 is 5.32 Å². The zero-order valence-electron chi connectivity index (χ0n) is 16.7. The van der Waals surface area contributed by atoms with Gasteiger partial charge in [0.05, 0.1) is 5.56 Å². The molecule has 1 amide bonds. The number of aromatic carboxylic acids is 1. The summed E-state index contributed by atoms with van der Waals surface area (Å²) >= 11 is 5.87. The zero-order chi connectivity index (χ0) is 23.9. The van der Waals surface area contributed by atoms with E-state index in [-0.39, 0.29) is 23.1 Å². The molecule has 0 radical (unpaired) electrons. The highest BCUT2D eigenvalue weighted by Crippen LogP contribution is 2.48. The molecule has 2 unspecified atom stereocenters. The van der Waals surface area contributed by atoms with Crippen LogP contribution in [0.1, 0.15) is 34.0 Å². The predicted octanol–water partition coefficient (Wildman–Crippen LogP) is 6.00. The molecule has 2 N–H and O–H groups in total. The molecule has 0 bridgehead atoms. The number of nitrogens with one attached hydrogen (secondary N) is 1. The Labute approximate surface area is 190 Å². The summed E-state index contributed by atoms with van der Waals surface area (Å²) in [5, 5.41) is 12.6. The highest BCUT2D eigenvalue weighted by atomic mass is 35.5. The first kappa shape index (κ1) is 22.7. The number of hydrogen-bond acceptors (Lipinski definition) is 3. The lowest BCUT2D eigenvalue weighted by atomic mass is 9.99. The Balaban J connectivity index is 1.57. The molecule has 0 saturated heterocycles. The van der Waals surface area contributed by atoms with Crippen LogP contribution in [0.25, 0.3) is 11.1 Å². The lowest BCUT2D eigenvalue weighted by Crippen LogP contribution is -2.16. The minimum Gasteiger partial charge on any atom is -0.478 e. The van der Waals surface area contributed by atoms with Crippen LogP contribution in [0.4, 0.5) is 23.2 Å². The van der Waals surface area contributed by atoms with E-state index in [9.17, 15) is 32.3 Å². The number of benzene rings is 2. The number of carbonyl (C=O) groups excluding carboxylic acids is 1. The van der Waals surface area contributed by atoms with Gasteiger partial charge in [-0.3, -0.25) is 9.78 Å². The van der Waals surface area contributed by atoms with Crippen LogP contribution in [0.3, 0.4) is 0 Å². The second-order valence-corrected chi connectivity index (χ2v) is 8.04. The van der Waals surface area contributed by atoms with E-state index in [1.807, 2.05) is 12.1 Å². The van der Waals surface area contributed by atoms with Crippen LogP contribution in [0, 0.1) is 11.7 Å². The highest BCUT2D eigenvalue weighted by Gasteiger charge is 2.44. The average molecular weight is 479 g/mol. The van der Waals surface area contributed by atoms with Crippen molar-refractivity contribution in [3.63, 3.8) is 0 Å². The minimum absolute atomic E-state index is 0.0245. The second-order valence-electron chi connectivity index (χ2n) is 7.61. The predicted molar refractivity (Wildman–Crippen MR) is 113 cm³/mol. The number of carboxylic acids is 1. The van der Waals surface area contributed by atoms with Crippen molar-refractivity contribution in [1.82, 2.24) is 4.98 Å². The van der Waals surface area contributed by atoms with Gasteiger partial charge in [-0.15, -0.1) is 0 Å². The number of carbonyl (C=O) groups is 2. The normalized spacial score (nSPS) is 17.5. The summed E-state index contributed by atoms with van der Waals surface area (Å²) in [4.78, 5) is 27.6. The number of alkyl halides is 3. The molecule has 1 aromatic heterocycles. The molecule has 33 heavy (non-hydrogen) atoms. The molecule has 2 atom stereocenters. The lowest BCUT2D eigenvalue weighted by molar-refractivity contribution is -0.141. The smallest absolute Gasteiger partial charge is 0.433 e. The SMILES string of the molecule is O=C(O)c1cc(NC(=O)C2CC2c2ccc(Cl)cc2)cc(F)c1-c1ccc(C(F)(F)F)nc1. The third kappa shape index (κ3) is 4.83. The van der Waals surface area contributed by atoms with Crippen molar-refractivity contribution in [2.45, 2.75) is 18.5 Å².